The molecule has 3 rings (SSSR count). The second-order valence-corrected chi connectivity index (χ2v) is 5.93. The van der Waals surface area contributed by atoms with Crippen molar-refractivity contribution in [1.82, 2.24) is 10.2 Å². The van der Waals surface area contributed by atoms with Crippen molar-refractivity contribution >= 4 is 11.6 Å². The van der Waals surface area contributed by atoms with Crippen LogP contribution in [0, 0.1) is 29.6 Å². The lowest BCUT2D eigenvalue weighted by Gasteiger charge is -2.10. The molecule has 5 nitrogen and oxygen atoms in total. The lowest BCUT2D eigenvalue weighted by atomic mass is 10.0. The van der Waals surface area contributed by atoms with Crippen LogP contribution in [0.5, 0.6) is 5.75 Å². The van der Waals surface area contributed by atoms with E-state index >= 15 is 0 Å². The van der Waals surface area contributed by atoms with Gasteiger partial charge in [0.25, 0.3) is 0 Å². The fraction of sp³-hybridized carbons (Fsp3) is 0.105. The van der Waals surface area contributed by atoms with Gasteiger partial charge in [0.1, 0.15) is 18.4 Å². The molecule has 6 heteroatoms. The molecule has 0 saturated heterocycles. The van der Waals surface area contributed by atoms with Gasteiger partial charge in [-0.3, -0.25) is 5.10 Å². The zero-order valence-corrected chi connectivity index (χ0v) is 14.1. The number of nitriles is 2. The van der Waals surface area contributed by atoms with Crippen LogP contribution in [0.1, 0.15) is 22.3 Å². The molecular formula is C19H13ClN4O. The van der Waals surface area contributed by atoms with E-state index in [4.69, 9.17) is 26.9 Å². The minimum atomic E-state index is 0.316. The number of aromatic nitrogens is 2. The molecular weight excluding hydrogens is 336 g/mol. The van der Waals surface area contributed by atoms with Crippen LogP contribution in [-0.4, -0.2) is 10.2 Å². The van der Waals surface area contributed by atoms with E-state index in [-0.39, 0.29) is 0 Å². The molecule has 0 bridgehead atoms. The second-order valence-electron chi connectivity index (χ2n) is 5.52. The number of rotatable bonds is 4. The molecule has 0 atom stereocenters. The number of benzene rings is 2. The molecule has 3 aromatic rings. The molecule has 0 radical (unpaired) electrons. The molecule has 0 aliphatic carbocycles. The van der Waals surface area contributed by atoms with Gasteiger partial charge in [-0.15, -0.1) is 0 Å². The summed E-state index contributed by atoms with van der Waals surface area (Å²) >= 11 is 6.13. The monoisotopic (exact) mass is 348 g/mol. The highest BCUT2D eigenvalue weighted by Crippen LogP contribution is 2.27. The Morgan fingerprint density at radius 1 is 1.16 bits per heavy atom. The van der Waals surface area contributed by atoms with Crippen molar-refractivity contribution in [1.29, 1.82) is 10.5 Å². The van der Waals surface area contributed by atoms with Crippen molar-refractivity contribution in [3.63, 3.8) is 0 Å². The van der Waals surface area contributed by atoms with Gasteiger partial charge in [0.15, 0.2) is 0 Å². The van der Waals surface area contributed by atoms with Crippen LogP contribution in [0.15, 0.2) is 42.6 Å². The van der Waals surface area contributed by atoms with E-state index in [0.29, 0.717) is 34.2 Å². The predicted molar refractivity (Wildman–Crippen MR) is 94.0 cm³/mol. The van der Waals surface area contributed by atoms with Crippen molar-refractivity contribution in [3.05, 3.63) is 69.9 Å². The summed E-state index contributed by atoms with van der Waals surface area (Å²) in [5.74, 6) is 0.517. The lowest BCUT2D eigenvalue weighted by Crippen LogP contribution is -1.98. The molecule has 1 N–H and O–H groups in total. The number of ether oxygens (including phenoxy) is 1. The molecule has 0 spiro atoms. The molecule has 0 unspecified atom stereocenters. The lowest BCUT2D eigenvalue weighted by molar-refractivity contribution is 0.306. The van der Waals surface area contributed by atoms with Gasteiger partial charge in [0.05, 0.1) is 34.1 Å². The van der Waals surface area contributed by atoms with Crippen molar-refractivity contribution < 1.29 is 4.74 Å². The van der Waals surface area contributed by atoms with Crippen molar-refractivity contribution in [2.24, 2.45) is 0 Å². The van der Waals surface area contributed by atoms with Gasteiger partial charge in [0, 0.05) is 5.56 Å². The van der Waals surface area contributed by atoms with E-state index in [1.54, 1.807) is 18.2 Å². The van der Waals surface area contributed by atoms with Gasteiger partial charge in [-0.2, -0.15) is 15.6 Å². The van der Waals surface area contributed by atoms with Gasteiger partial charge in [0.2, 0.25) is 0 Å². The Hall–Kier alpha value is -3.28. The maximum atomic E-state index is 9.16. The Balaban J connectivity index is 1.85. The maximum absolute atomic E-state index is 9.16. The molecule has 122 valence electrons. The highest BCUT2D eigenvalue weighted by molar-refractivity contribution is 6.32. The smallest absolute Gasteiger partial charge is 0.138 e. The Kier molecular flexibility index (Phi) is 4.70. The summed E-state index contributed by atoms with van der Waals surface area (Å²) in [6.07, 6.45) is 1.50. The first-order chi connectivity index (χ1) is 12.1. The molecule has 1 heterocycles. The van der Waals surface area contributed by atoms with Crippen LogP contribution in [0.2, 0.25) is 5.02 Å². The third kappa shape index (κ3) is 3.63. The Bertz CT molecular complexity index is 1010. The SMILES string of the molecule is Cc1cc(COc2ccc(C#N)cc2Cl)cc(-c2[nH]ncc2C#N)c1. The van der Waals surface area contributed by atoms with E-state index in [0.717, 1.165) is 16.7 Å². The Morgan fingerprint density at radius 2 is 2.00 bits per heavy atom. The van der Waals surface area contributed by atoms with Crippen LogP contribution in [-0.2, 0) is 6.61 Å². The largest absolute Gasteiger partial charge is 0.487 e. The third-order valence-corrected chi connectivity index (χ3v) is 3.94. The first kappa shape index (κ1) is 16.6. The molecule has 0 aliphatic heterocycles. The predicted octanol–water partition coefficient (Wildman–Crippen LogP) is 4.36. The minimum absolute atomic E-state index is 0.316. The summed E-state index contributed by atoms with van der Waals surface area (Å²) in [4.78, 5) is 0. The molecule has 0 saturated carbocycles. The maximum Gasteiger partial charge on any atom is 0.138 e. The molecule has 0 fully saturated rings. The third-order valence-electron chi connectivity index (χ3n) is 3.64. The standard InChI is InChI=1S/C19H13ClN4O/c1-12-4-14(6-15(5-12)19-16(9-22)10-23-24-19)11-25-18-3-2-13(8-21)7-17(18)20/h2-7,10H,11H2,1H3,(H,23,24). The number of hydrogen-bond donors (Lipinski definition) is 1. The number of H-pyrrole nitrogens is 1. The number of halogens is 1. The van der Waals surface area contributed by atoms with E-state index < -0.39 is 0 Å². The van der Waals surface area contributed by atoms with Gasteiger partial charge >= 0.3 is 0 Å². The molecule has 0 aliphatic rings. The van der Waals surface area contributed by atoms with Crippen molar-refractivity contribution in [2.45, 2.75) is 13.5 Å². The second kappa shape index (κ2) is 7.09. The van der Waals surface area contributed by atoms with Crippen molar-refractivity contribution in [2.75, 3.05) is 0 Å². The normalized spacial score (nSPS) is 10.1. The summed E-state index contributed by atoms with van der Waals surface area (Å²) in [5, 5.41) is 25.2. The number of aromatic amines is 1. The number of nitrogens with zero attached hydrogens (tertiary/aromatic N) is 3. The fourth-order valence-electron chi connectivity index (χ4n) is 2.53. The average molecular weight is 349 g/mol. The minimum Gasteiger partial charge on any atom is -0.487 e. The zero-order chi connectivity index (χ0) is 17.8. The van der Waals surface area contributed by atoms with Crippen LogP contribution < -0.4 is 4.74 Å². The van der Waals surface area contributed by atoms with E-state index in [1.807, 2.05) is 31.2 Å². The van der Waals surface area contributed by atoms with Crippen LogP contribution in [0.25, 0.3) is 11.3 Å². The highest BCUT2D eigenvalue weighted by atomic mass is 35.5. The summed E-state index contributed by atoms with van der Waals surface area (Å²) in [6.45, 7) is 2.29. The first-order valence-electron chi connectivity index (χ1n) is 7.47. The topological polar surface area (TPSA) is 85.5 Å². The molecule has 25 heavy (non-hydrogen) atoms. The molecule has 0 amide bonds. The van der Waals surface area contributed by atoms with E-state index in [2.05, 4.69) is 16.3 Å². The van der Waals surface area contributed by atoms with Crippen LogP contribution >= 0.6 is 11.6 Å². The summed E-state index contributed by atoms with van der Waals surface area (Å²) < 4.78 is 5.77. The average Bonchev–Trinajstić information content (AvgIpc) is 3.09. The van der Waals surface area contributed by atoms with Crippen molar-refractivity contribution in [3.8, 4) is 29.1 Å². The fourth-order valence-corrected chi connectivity index (χ4v) is 2.76. The summed E-state index contributed by atoms with van der Waals surface area (Å²) in [6, 6.07) is 15.0. The molecule has 1 aromatic heterocycles. The summed E-state index contributed by atoms with van der Waals surface area (Å²) in [5.41, 5.74) is 4.52. The Labute approximate surface area is 150 Å². The van der Waals surface area contributed by atoms with Crippen LogP contribution in [0.4, 0.5) is 0 Å². The molecule has 2 aromatic carbocycles. The van der Waals surface area contributed by atoms with Gasteiger partial charge in [-0.25, -0.2) is 0 Å². The number of nitrogens with one attached hydrogen (secondary N) is 1. The van der Waals surface area contributed by atoms with Gasteiger partial charge in [-0.05, 0) is 42.8 Å². The van der Waals surface area contributed by atoms with Crippen LogP contribution in [0.3, 0.4) is 0 Å². The Morgan fingerprint density at radius 3 is 2.72 bits per heavy atom. The zero-order valence-electron chi connectivity index (χ0n) is 13.4. The van der Waals surface area contributed by atoms with E-state index in [9.17, 15) is 0 Å². The highest BCUT2D eigenvalue weighted by Gasteiger charge is 2.10. The first-order valence-corrected chi connectivity index (χ1v) is 7.85. The number of hydrogen-bond acceptors (Lipinski definition) is 4. The van der Waals surface area contributed by atoms with E-state index in [1.165, 1.54) is 6.20 Å². The van der Waals surface area contributed by atoms with Gasteiger partial charge in [-0.1, -0.05) is 23.2 Å². The summed E-state index contributed by atoms with van der Waals surface area (Å²) in [7, 11) is 0. The van der Waals surface area contributed by atoms with Gasteiger partial charge < -0.3 is 4.74 Å². The number of aryl methyl sites for hydroxylation is 1. The quantitative estimate of drug-likeness (QED) is 0.759.